The lowest BCUT2D eigenvalue weighted by Crippen LogP contribution is -2.26. The van der Waals surface area contributed by atoms with Crippen molar-refractivity contribution in [2.24, 2.45) is 0 Å². The van der Waals surface area contributed by atoms with Gasteiger partial charge in [-0.05, 0) is 30.7 Å². The maximum Gasteiger partial charge on any atom is 0.240 e. The van der Waals surface area contributed by atoms with Crippen LogP contribution in [0.25, 0.3) is 0 Å². The predicted octanol–water partition coefficient (Wildman–Crippen LogP) is 3.08. The van der Waals surface area contributed by atoms with E-state index < -0.39 is 10.0 Å². The van der Waals surface area contributed by atoms with E-state index in [9.17, 15) is 8.42 Å². The molecular weight excluding hydrogens is 328 g/mol. The number of rotatable bonds is 7. The Morgan fingerprint density at radius 2 is 1.83 bits per heavy atom. The maximum absolute atomic E-state index is 12.1. The topological polar surface area (TPSA) is 70.0 Å². The molecule has 2 aromatic rings. The van der Waals surface area contributed by atoms with Crippen LogP contribution in [0.5, 0.6) is 0 Å². The van der Waals surface area contributed by atoms with Crippen LogP contribution in [0.2, 0.25) is 0 Å². The summed E-state index contributed by atoms with van der Waals surface area (Å²) in [5, 5.41) is 9.02. The summed E-state index contributed by atoms with van der Waals surface area (Å²) in [6, 6.07) is 16.4. The summed E-state index contributed by atoms with van der Waals surface area (Å²) < 4.78 is 26.8. The number of thioether (sulfide) groups is 1. The molecule has 23 heavy (non-hydrogen) atoms. The zero-order valence-corrected chi connectivity index (χ0v) is 14.5. The van der Waals surface area contributed by atoms with E-state index in [0.29, 0.717) is 23.6 Å². The SMILES string of the molecule is Cc1ccc(S(=O)(=O)NCCSCc2ccccc2C#N)cc1. The Balaban J connectivity index is 1.81. The van der Waals surface area contributed by atoms with Gasteiger partial charge in [0.2, 0.25) is 10.0 Å². The van der Waals surface area contributed by atoms with Crippen LogP contribution in [0.3, 0.4) is 0 Å². The molecular formula is C17H18N2O2S2. The molecule has 6 heteroatoms. The molecule has 0 bridgehead atoms. The van der Waals surface area contributed by atoms with Gasteiger partial charge in [0.25, 0.3) is 0 Å². The molecule has 120 valence electrons. The first kappa shape index (κ1) is 17.5. The van der Waals surface area contributed by atoms with Gasteiger partial charge in [0.15, 0.2) is 0 Å². The Hall–Kier alpha value is -1.81. The number of aryl methyl sites for hydroxylation is 1. The summed E-state index contributed by atoms with van der Waals surface area (Å²) in [5.41, 5.74) is 2.66. The van der Waals surface area contributed by atoms with Crippen molar-refractivity contribution >= 4 is 21.8 Å². The molecule has 0 saturated carbocycles. The predicted molar refractivity (Wildman–Crippen MR) is 93.7 cm³/mol. The monoisotopic (exact) mass is 346 g/mol. The molecule has 1 N–H and O–H groups in total. The molecule has 4 nitrogen and oxygen atoms in total. The Morgan fingerprint density at radius 3 is 2.52 bits per heavy atom. The molecule has 0 aromatic heterocycles. The molecule has 0 aliphatic heterocycles. The van der Waals surface area contributed by atoms with Crippen molar-refractivity contribution in [2.75, 3.05) is 12.3 Å². The normalized spacial score (nSPS) is 11.1. The summed E-state index contributed by atoms with van der Waals surface area (Å²) in [4.78, 5) is 0.280. The van der Waals surface area contributed by atoms with Gasteiger partial charge in [0.1, 0.15) is 0 Å². The third-order valence-electron chi connectivity index (χ3n) is 3.27. The maximum atomic E-state index is 12.1. The van der Waals surface area contributed by atoms with Crippen molar-refractivity contribution < 1.29 is 8.42 Å². The van der Waals surface area contributed by atoms with E-state index in [1.165, 1.54) is 0 Å². The van der Waals surface area contributed by atoms with Crippen molar-refractivity contribution in [3.63, 3.8) is 0 Å². The van der Waals surface area contributed by atoms with Gasteiger partial charge < -0.3 is 0 Å². The summed E-state index contributed by atoms with van der Waals surface area (Å²) >= 11 is 1.60. The quantitative estimate of drug-likeness (QED) is 0.782. The minimum absolute atomic E-state index is 0.280. The summed E-state index contributed by atoms with van der Waals surface area (Å²) in [7, 11) is -3.45. The van der Waals surface area contributed by atoms with Gasteiger partial charge in [-0.25, -0.2) is 13.1 Å². The zero-order chi connectivity index (χ0) is 16.7. The minimum Gasteiger partial charge on any atom is -0.210 e. The number of hydrogen-bond donors (Lipinski definition) is 1. The third kappa shape index (κ3) is 5.10. The molecule has 2 aromatic carbocycles. The van der Waals surface area contributed by atoms with Crippen LogP contribution < -0.4 is 4.72 Å². The number of hydrogen-bond acceptors (Lipinski definition) is 4. The lowest BCUT2D eigenvalue weighted by Gasteiger charge is -2.07. The van der Waals surface area contributed by atoms with E-state index in [1.807, 2.05) is 25.1 Å². The fourth-order valence-electron chi connectivity index (χ4n) is 1.99. The lowest BCUT2D eigenvalue weighted by molar-refractivity contribution is 0.584. The summed E-state index contributed by atoms with van der Waals surface area (Å²) in [6.45, 7) is 2.27. The van der Waals surface area contributed by atoms with Crippen LogP contribution in [0, 0.1) is 18.3 Å². The minimum atomic E-state index is -3.45. The lowest BCUT2D eigenvalue weighted by atomic mass is 10.1. The molecule has 0 unspecified atom stereocenters. The number of nitrogens with zero attached hydrogens (tertiary/aromatic N) is 1. The van der Waals surface area contributed by atoms with Gasteiger partial charge in [0, 0.05) is 18.1 Å². The van der Waals surface area contributed by atoms with Crippen LogP contribution in [-0.2, 0) is 15.8 Å². The van der Waals surface area contributed by atoms with Crippen molar-refractivity contribution in [3.05, 3.63) is 65.2 Å². The number of nitrogens with one attached hydrogen (secondary N) is 1. The standard InChI is InChI=1S/C17H18N2O2S2/c1-14-6-8-17(9-7-14)23(20,21)19-10-11-22-13-16-5-3-2-4-15(16)12-18/h2-9,19H,10-11,13H2,1H3. The van der Waals surface area contributed by atoms with Gasteiger partial charge in [0.05, 0.1) is 16.5 Å². The second-order valence-corrected chi connectivity index (χ2v) is 7.90. The molecule has 0 aliphatic carbocycles. The summed E-state index contributed by atoms with van der Waals surface area (Å²) in [5.74, 6) is 1.33. The van der Waals surface area contributed by atoms with E-state index in [0.717, 1.165) is 11.1 Å². The molecule has 0 heterocycles. The molecule has 2 rings (SSSR count). The van der Waals surface area contributed by atoms with Gasteiger partial charge >= 0.3 is 0 Å². The molecule has 0 amide bonds. The zero-order valence-electron chi connectivity index (χ0n) is 12.8. The highest BCUT2D eigenvalue weighted by Gasteiger charge is 2.12. The molecule has 0 saturated heterocycles. The van der Waals surface area contributed by atoms with E-state index >= 15 is 0 Å². The molecule has 0 fully saturated rings. The molecule has 0 spiro atoms. The Bertz CT molecular complexity index is 794. The largest absolute Gasteiger partial charge is 0.240 e. The van der Waals surface area contributed by atoms with Crippen molar-refractivity contribution in [2.45, 2.75) is 17.6 Å². The van der Waals surface area contributed by atoms with Crippen LogP contribution in [-0.4, -0.2) is 20.7 Å². The average molecular weight is 346 g/mol. The number of nitriles is 1. The van der Waals surface area contributed by atoms with E-state index in [-0.39, 0.29) is 4.90 Å². The Labute approximate surface area is 141 Å². The Morgan fingerprint density at radius 1 is 1.13 bits per heavy atom. The second-order valence-electron chi connectivity index (χ2n) is 5.03. The summed E-state index contributed by atoms with van der Waals surface area (Å²) in [6.07, 6.45) is 0. The fourth-order valence-corrected chi connectivity index (χ4v) is 4.01. The van der Waals surface area contributed by atoms with E-state index in [1.54, 1.807) is 42.1 Å². The van der Waals surface area contributed by atoms with Crippen LogP contribution in [0.4, 0.5) is 0 Å². The van der Waals surface area contributed by atoms with Crippen LogP contribution in [0.1, 0.15) is 16.7 Å². The highest BCUT2D eigenvalue weighted by Crippen LogP contribution is 2.16. The van der Waals surface area contributed by atoms with Crippen molar-refractivity contribution in [1.29, 1.82) is 5.26 Å². The Kier molecular flexibility index (Phi) is 6.22. The van der Waals surface area contributed by atoms with Gasteiger partial charge in [-0.15, -0.1) is 0 Å². The van der Waals surface area contributed by atoms with Crippen molar-refractivity contribution in [3.8, 4) is 6.07 Å². The fraction of sp³-hybridized carbons (Fsp3) is 0.235. The first-order chi connectivity index (χ1) is 11.0. The number of sulfonamides is 1. The highest BCUT2D eigenvalue weighted by atomic mass is 32.2. The van der Waals surface area contributed by atoms with Gasteiger partial charge in [-0.3, -0.25) is 0 Å². The molecule has 0 radical (unpaired) electrons. The third-order valence-corrected chi connectivity index (χ3v) is 5.75. The van der Waals surface area contributed by atoms with Gasteiger partial charge in [-0.1, -0.05) is 35.9 Å². The average Bonchev–Trinajstić information content (AvgIpc) is 2.55. The molecule has 0 aliphatic rings. The van der Waals surface area contributed by atoms with Crippen LogP contribution in [0.15, 0.2) is 53.4 Å². The van der Waals surface area contributed by atoms with Gasteiger partial charge in [-0.2, -0.15) is 17.0 Å². The highest BCUT2D eigenvalue weighted by molar-refractivity contribution is 7.98. The van der Waals surface area contributed by atoms with Crippen molar-refractivity contribution in [1.82, 2.24) is 4.72 Å². The smallest absolute Gasteiger partial charge is 0.210 e. The number of benzene rings is 2. The second kappa shape index (κ2) is 8.16. The first-order valence-electron chi connectivity index (χ1n) is 7.15. The van der Waals surface area contributed by atoms with E-state index in [4.69, 9.17) is 5.26 Å². The molecule has 0 atom stereocenters. The van der Waals surface area contributed by atoms with E-state index in [2.05, 4.69) is 10.8 Å². The van der Waals surface area contributed by atoms with Crippen LogP contribution >= 0.6 is 11.8 Å². The first-order valence-corrected chi connectivity index (χ1v) is 9.79.